The van der Waals surface area contributed by atoms with Gasteiger partial charge in [0.2, 0.25) is 0 Å². The van der Waals surface area contributed by atoms with Crippen molar-refractivity contribution in [3.05, 3.63) is 29.8 Å². The van der Waals surface area contributed by atoms with E-state index in [1.807, 2.05) is 6.92 Å². The third kappa shape index (κ3) is 5.00. The van der Waals surface area contributed by atoms with Gasteiger partial charge in [-0.05, 0) is 38.3 Å². The quantitative estimate of drug-likeness (QED) is 0.237. The molecule has 2 amide bonds. The fraction of sp³-hybridized carbons (Fsp3) is 0.500. The fourth-order valence-electron chi connectivity index (χ4n) is 2.34. The number of ether oxygens (including phenoxy) is 1. The number of nitrogens with zero attached hydrogens (tertiary/aromatic N) is 1. The first-order valence-electron chi connectivity index (χ1n) is 7.88. The van der Waals surface area contributed by atoms with Crippen LogP contribution in [-0.2, 0) is 19.6 Å². The van der Waals surface area contributed by atoms with Crippen LogP contribution in [0.5, 0.6) is 0 Å². The molecule has 0 aromatic heterocycles. The van der Waals surface area contributed by atoms with Gasteiger partial charge in [-0.25, -0.2) is 4.79 Å². The van der Waals surface area contributed by atoms with Gasteiger partial charge in [0.25, 0.3) is 0 Å². The lowest BCUT2D eigenvalue weighted by Gasteiger charge is -2.29. The first-order chi connectivity index (χ1) is 11.7. The summed E-state index contributed by atoms with van der Waals surface area (Å²) in [5.41, 5.74) is 2.33. The normalized spacial score (nSPS) is 13.8. The van der Waals surface area contributed by atoms with Crippen LogP contribution in [0.15, 0.2) is 29.2 Å². The molecule has 9 heteroatoms. The van der Waals surface area contributed by atoms with Gasteiger partial charge in [-0.15, -0.1) is 3.89 Å². The molecule has 0 aliphatic heterocycles. The predicted molar refractivity (Wildman–Crippen MR) is 90.2 cm³/mol. The van der Waals surface area contributed by atoms with Gasteiger partial charge in [0.1, 0.15) is 11.4 Å². The first-order valence-corrected chi connectivity index (χ1v) is 9.32. The second-order valence-corrected chi connectivity index (χ2v) is 8.14. The minimum absolute atomic E-state index is 0.00115. The molecular weight excluding hydrogens is 348 g/mol. The summed E-state index contributed by atoms with van der Waals surface area (Å²) in [5, 5.41) is 8.99. The number of quaternary nitrogens is 1. The van der Waals surface area contributed by atoms with E-state index < -0.39 is 19.9 Å². The summed E-state index contributed by atoms with van der Waals surface area (Å²) in [4.78, 5) is 23.2. The topological polar surface area (TPSA) is 110 Å². The number of nitrogens with one attached hydrogen (secondary N) is 1. The third-order valence-corrected chi connectivity index (χ3v) is 6.35. The van der Waals surface area contributed by atoms with Crippen LogP contribution < -0.4 is 5.48 Å². The van der Waals surface area contributed by atoms with Crippen molar-refractivity contribution >= 4 is 22.0 Å². The fourth-order valence-corrected chi connectivity index (χ4v) is 3.92. The molecule has 0 bridgehead atoms. The van der Waals surface area contributed by atoms with Crippen LogP contribution in [0.2, 0.25) is 0 Å². The summed E-state index contributed by atoms with van der Waals surface area (Å²) in [5.74, 6) is -0.336. The molecule has 0 saturated heterocycles. The molecule has 2 N–H and O–H groups in total. The van der Waals surface area contributed by atoms with Crippen LogP contribution in [0.4, 0.5) is 4.79 Å². The zero-order chi connectivity index (χ0) is 19.1. The Labute approximate surface area is 148 Å². The third-order valence-electron chi connectivity index (χ3n) is 4.07. The van der Waals surface area contributed by atoms with Crippen LogP contribution in [0.3, 0.4) is 0 Å². The number of hydrogen-bond acceptors (Lipinski definition) is 6. The molecule has 0 spiro atoms. The van der Waals surface area contributed by atoms with Gasteiger partial charge >= 0.3 is 22.0 Å². The van der Waals surface area contributed by atoms with E-state index >= 15 is 0 Å². The van der Waals surface area contributed by atoms with Crippen LogP contribution in [0.1, 0.15) is 31.2 Å². The number of sulfonamides is 1. The molecule has 0 saturated carbocycles. The number of carbonyl (C=O) groups is 2. The van der Waals surface area contributed by atoms with Gasteiger partial charge in [0, 0.05) is 6.42 Å². The van der Waals surface area contributed by atoms with Gasteiger partial charge in [0.15, 0.2) is 0 Å². The Bertz CT molecular complexity index is 702. The summed E-state index contributed by atoms with van der Waals surface area (Å²) in [6, 6.07) is 5.12. The van der Waals surface area contributed by atoms with Crippen LogP contribution in [0.25, 0.3) is 0 Å². The molecule has 1 aromatic rings. The summed E-state index contributed by atoms with van der Waals surface area (Å²) < 4.78 is 29.4. The van der Waals surface area contributed by atoms with E-state index in [4.69, 9.17) is 5.21 Å². The van der Waals surface area contributed by atoms with Crippen molar-refractivity contribution < 1.29 is 31.8 Å². The molecule has 1 aromatic carbocycles. The number of esters is 1. The maximum atomic E-state index is 12.9. The second-order valence-electron chi connectivity index (χ2n) is 5.92. The smallest absolute Gasteiger partial charge is 0.455 e. The van der Waals surface area contributed by atoms with E-state index in [9.17, 15) is 18.0 Å². The molecule has 0 radical (unpaired) electrons. The average molecular weight is 373 g/mol. The molecule has 0 fully saturated rings. The van der Waals surface area contributed by atoms with Crippen molar-refractivity contribution in [2.45, 2.75) is 37.5 Å². The van der Waals surface area contributed by atoms with Crippen molar-refractivity contribution in [3.63, 3.8) is 0 Å². The van der Waals surface area contributed by atoms with Crippen molar-refractivity contribution in [3.8, 4) is 0 Å². The highest BCUT2D eigenvalue weighted by molar-refractivity contribution is 7.86. The van der Waals surface area contributed by atoms with Gasteiger partial charge in [-0.2, -0.15) is 13.9 Å². The Morgan fingerprint density at radius 1 is 1.16 bits per heavy atom. The minimum atomic E-state index is -4.06. The largest absolute Gasteiger partial charge is 0.469 e. The van der Waals surface area contributed by atoms with Gasteiger partial charge in [-0.1, -0.05) is 17.7 Å². The molecule has 1 rings (SSSR count). The summed E-state index contributed by atoms with van der Waals surface area (Å²) in [6.07, 6.45) is 1.69. The van der Waals surface area contributed by atoms with Crippen LogP contribution in [0, 0.1) is 6.92 Å². The van der Waals surface area contributed by atoms with Gasteiger partial charge in [-0.3, -0.25) is 10.0 Å². The molecule has 8 nitrogen and oxygen atoms in total. The van der Waals surface area contributed by atoms with E-state index in [-0.39, 0.29) is 23.8 Å². The standard InChI is InChI=1S/C16H24N2O6S/c1-13-8-10-14(11-9-13)25(22,23)18(2,16(20)17-21)12-6-4-5-7-15(19)24-3/h8-11H,4-7,12H2,1-3H3,(H-,17,20,21)/p+1. The van der Waals surface area contributed by atoms with E-state index in [0.29, 0.717) is 19.3 Å². The van der Waals surface area contributed by atoms with Crippen molar-refractivity contribution in [1.82, 2.24) is 5.48 Å². The molecule has 0 heterocycles. The number of urea groups is 1. The highest BCUT2D eigenvalue weighted by Gasteiger charge is 2.46. The van der Waals surface area contributed by atoms with Crippen molar-refractivity contribution in [2.24, 2.45) is 0 Å². The van der Waals surface area contributed by atoms with E-state index in [0.717, 1.165) is 5.56 Å². The molecule has 140 valence electrons. The van der Waals surface area contributed by atoms with E-state index in [1.54, 1.807) is 12.1 Å². The van der Waals surface area contributed by atoms with Crippen molar-refractivity contribution in [2.75, 3.05) is 20.7 Å². The number of benzene rings is 1. The van der Waals surface area contributed by atoms with Crippen LogP contribution in [-0.4, -0.2) is 50.2 Å². The molecular formula is C16H25N2O6S+. The Kier molecular flexibility index (Phi) is 7.53. The Morgan fingerprint density at radius 3 is 2.28 bits per heavy atom. The highest BCUT2D eigenvalue weighted by atomic mass is 32.2. The summed E-state index contributed by atoms with van der Waals surface area (Å²) in [7, 11) is -1.52. The molecule has 1 unspecified atom stereocenters. The molecule has 0 aliphatic carbocycles. The number of hydrogen-bond donors (Lipinski definition) is 2. The number of carbonyl (C=O) groups excluding carboxylic acids is 2. The molecule has 1 atom stereocenters. The zero-order valence-electron chi connectivity index (χ0n) is 14.7. The number of unbranched alkanes of at least 4 members (excludes halogenated alkanes) is 2. The van der Waals surface area contributed by atoms with Gasteiger partial charge < -0.3 is 4.74 Å². The van der Waals surface area contributed by atoms with E-state index in [2.05, 4.69) is 4.74 Å². The Balaban J connectivity index is 2.92. The second kappa shape index (κ2) is 8.93. The zero-order valence-corrected chi connectivity index (χ0v) is 15.5. The monoisotopic (exact) mass is 373 g/mol. The number of rotatable bonds is 8. The minimum Gasteiger partial charge on any atom is -0.469 e. The lowest BCUT2D eigenvalue weighted by Crippen LogP contribution is -2.57. The molecule has 0 aliphatic rings. The number of methoxy groups -OCH3 is 1. The SMILES string of the molecule is COC(=O)CCCCC[N+](C)(C(=O)NO)S(=O)(=O)c1ccc(C)cc1. The summed E-state index contributed by atoms with van der Waals surface area (Å²) >= 11 is 0. The lowest BCUT2D eigenvalue weighted by molar-refractivity contribution is -0.700. The molecule has 25 heavy (non-hydrogen) atoms. The van der Waals surface area contributed by atoms with Gasteiger partial charge in [0.05, 0.1) is 14.2 Å². The summed E-state index contributed by atoms with van der Waals surface area (Å²) in [6.45, 7) is 1.79. The maximum absolute atomic E-state index is 12.9. The Hall–Kier alpha value is -1.97. The maximum Gasteiger partial charge on any atom is 0.455 e. The highest BCUT2D eigenvalue weighted by Crippen LogP contribution is 2.24. The predicted octanol–water partition coefficient (Wildman–Crippen LogP) is 1.96. The first kappa shape index (κ1) is 21.1. The van der Waals surface area contributed by atoms with Crippen LogP contribution >= 0.6 is 0 Å². The van der Waals surface area contributed by atoms with E-state index in [1.165, 1.54) is 31.8 Å². The van der Waals surface area contributed by atoms with Crippen molar-refractivity contribution in [1.29, 1.82) is 0 Å². The average Bonchev–Trinajstić information content (AvgIpc) is 2.60. The number of amides is 2. The Morgan fingerprint density at radius 2 is 1.76 bits per heavy atom. The number of aryl methyl sites for hydroxylation is 1. The lowest BCUT2D eigenvalue weighted by atomic mass is 10.2. The number of hydroxylamine groups is 1.